The first-order valence-corrected chi connectivity index (χ1v) is 6.90. The Labute approximate surface area is 129 Å². The zero-order valence-electron chi connectivity index (χ0n) is 12.4. The fourth-order valence-electron chi connectivity index (χ4n) is 2.41. The van der Waals surface area contributed by atoms with Crippen molar-refractivity contribution in [1.82, 2.24) is 4.98 Å². The van der Waals surface area contributed by atoms with Crippen LogP contribution < -0.4 is 9.47 Å². The summed E-state index contributed by atoms with van der Waals surface area (Å²) in [6.07, 6.45) is 1.74. The Morgan fingerprint density at radius 1 is 1.09 bits per heavy atom. The first-order valence-electron chi connectivity index (χ1n) is 6.90. The lowest BCUT2D eigenvalue weighted by Gasteiger charge is -2.10. The average Bonchev–Trinajstić information content (AvgIpc) is 3.01. The molecule has 1 aliphatic heterocycles. The third-order valence-corrected chi connectivity index (χ3v) is 3.56. The molecule has 22 heavy (non-hydrogen) atoms. The van der Waals surface area contributed by atoms with Crippen LogP contribution in [0.25, 0.3) is 16.8 Å². The van der Waals surface area contributed by atoms with E-state index in [1.54, 1.807) is 26.4 Å². The highest BCUT2D eigenvalue weighted by atomic mass is 16.5. The van der Waals surface area contributed by atoms with E-state index in [-0.39, 0.29) is 0 Å². The minimum atomic E-state index is -0.826. The van der Waals surface area contributed by atoms with Crippen LogP contribution in [-0.4, -0.2) is 38.0 Å². The molecule has 1 aliphatic rings. The van der Waals surface area contributed by atoms with Gasteiger partial charge in [-0.25, -0.2) is 0 Å². The van der Waals surface area contributed by atoms with Crippen molar-refractivity contribution in [2.24, 2.45) is 0 Å². The molecular formula is C16H16BNO4. The molecule has 0 saturated heterocycles. The summed E-state index contributed by atoms with van der Waals surface area (Å²) in [7, 11) is 2.38. The average molecular weight is 297 g/mol. The number of hydrogen-bond acceptors (Lipinski definition) is 5. The Hall–Kier alpha value is -2.31. The van der Waals surface area contributed by atoms with Gasteiger partial charge < -0.3 is 19.2 Å². The molecule has 1 aromatic carbocycles. The van der Waals surface area contributed by atoms with Crippen molar-refractivity contribution >= 4 is 12.7 Å². The SMILES string of the molecule is COc1ccc(-c2cc(C3=CB(O)OC3)ccn2)cc1OC. The highest BCUT2D eigenvalue weighted by Crippen LogP contribution is 2.32. The largest absolute Gasteiger partial charge is 0.493 e. The van der Waals surface area contributed by atoms with Crippen molar-refractivity contribution in [1.29, 1.82) is 0 Å². The fourth-order valence-corrected chi connectivity index (χ4v) is 2.41. The lowest BCUT2D eigenvalue weighted by Crippen LogP contribution is -2.07. The normalized spacial score (nSPS) is 14.0. The predicted octanol–water partition coefficient (Wildman–Crippen LogP) is 2.20. The first kappa shape index (κ1) is 14.6. The molecule has 0 fully saturated rings. The van der Waals surface area contributed by atoms with E-state index < -0.39 is 7.12 Å². The summed E-state index contributed by atoms with van der Waals surface area (Å²) in [4.78, 5) is 4.40. The van der Waals surface area contributed by atoms with Gasteiger partial charge in [0.1, 0.15) is 0 Å². The van der Waals surface area contributed by atoms with Crippen LogP contribution in [0.5, 0.6) is 11.5 Å². The lowest BCUT2D eigenvalue weighted by molar-refractivity contribution is 0.319. The lowest BCUT2D eigenvalue weighted by atomic mass is 9.89. The van der Waals surface area contributed by atoms with Crippen LogP contribution in [0.2, 0.25) is 0 Å². The molecule has 0 atom stereocenters. The third kappa shape index (κ3) is 2.84. The van der Waals surface area contributed by atoms with Gasteiger partial charge in [0.05, 0.1) is 26.5 Å². The summed E-state index contributed by atoms with van der Waals surface area (Å²) < 4.78 is 15.7. The zero-order chi connectivity index (χ0) is 15.5. The van der Waals surface area contributed by atoms with E-state index in [0.717, 1.165) is 22.4 Å². The molecule has 6 heteroatoms. The summed E-state index contributed by atoms with van der Waals surface area (Å²) in [6, 6.07) is 9.54. The molecule has 1 aromatic heterocycles. The van der Waals surface area contributed by atoms with Crippen LogP contribution in [0.1, 0.15) is 5.56 Å². The Bertz CT molecular complexity index is 717. The van der Waals surface area contributed by atoms with Crippen LogP contribution in [0.4, 0.5) is 0 Å². The molecule has 0 saturated carbocycles. The molecule has 0 radical (unpaired) electrons. The van der Waals surface area contributed by atoms with Crippen molar-refractivity contribution in [2.75, 3.05) is 20.8 Å². The van der Waals surface area contributed by atoms with Crippen molar-refractivity contribution < 1.29 is 19.2 Å². The molecule has 0 bridgehead atoms. The Morgan fingerprint density at radius 3 is 2.59 bits per heavy atom. The van der Waals surface area contributed by atoms with E-state index in [4.69, 9.17) is 14.1 Å². The van der Waals surface area contributed by atoms with Crippen molar-refractivity contribution in [3.63, 3.8) is 0 Å². The van der Waals surface area contributed by atoms with Gasteiger partial charge in [-0.05, 0) is 47.4 Å². The van der Waals surface area contributed by atoms with E-state index in [1.165, 1.54) is 0 Å². The Balaban J connectivity index is 1.97. The predicted molar refractivity (Wildman–Crippen MR) is 84.7 cm³/mol. The number of benzene rings is 1. The molecule has 2 heterocycles. The summed E-state index contributed by atoms with van der Waals surface area (Å²) in [5.74, 6) is 3.04. The van der Waals surface area contributed by atoms with E-state index in [0.29, 0.717) is 18.1 Å². The quantitative estimate of drug-likeness (QED) is 0.877. The minimum absolute atomic E-state index is 0.399. The van der Waals surface area contributed by atoms with Gasteiger partial charge in [0.2, 0.25) is 0 Å². The second-order valence-corrected chi connectivity index (χ2v) is 4.89. The molecule has 0 amide bonds. The van der Waals surface area contributed by atoms with Crippen LogP contribution >= 0.6 is 0 Å². The second kappa shape index (κ2) is 6.21. The second-order valence-electron chi connectivity index (χ2n) is 4.89. The van der Waals surface area contributed by atoms with E-state index >= 15 is 0 Å². The highest BCUT2D eigenvalue weighted by Gasteiger charge is 2.20. The van der Waals surface area contributed by atoms with Crippen LogP contribution in [0.3, 0.4) is 0 Å². The van der Waals surface area contributed by atoms with Crippen molar-refractivity contribution in [3.8, 4) is 22.8 Å². The highest BCUT2D eigenvalue weighted by molar-refractivity contribution is 6.52. The smallest absolute Gasteiger partial charge is 0.484 e. The summed E-state index contributed by atoms with van der Waals surface area (Å²) in [6.45, 7) is 0.399. The molecule has 3 rings (SSSR count). The van der Waals surface area contributed by atoms with Crippen molar-refractivity contribution in [2.45, 2.75) is 0 Å². The topological polar surface area (TPSA) is 60.8 Å². The maximum atomic E-state index is 9.43. The molecule has 1 N–H and O–H groups in total. The Morgan fingerprint density at radius 2 is 1.91 bits per heavy atom. The van der Waals surface area contributed by atoms with Gasteiger partial charge in [0, 0.05) is 11.8 Å². The molecule has 0 aliphatic carbocycles. The minimum Gasteiger partial charge on any atom is -0.493 e. The number of rotatable bonds is 4. The first-order chi connectivity index (χ1) is 10.7. The Kier molecular flexibility index (Phi) is 4.13. The number of methoxy groups -OCH3 is 2. The number of pyridine rings is 1. The molecule has 0 unspecified atom stereocenters. The van der Waals surface area contributed by atoms with Gasteiger partial charge in [-0.15, -0.1) is 0 Å². The molecule has 0 spiro atoms. The molecule has 2 aromatic rings. The number of hydrogen-bond donors (Lipinski definition) is 1. The molecule has 5 nitrogen and oxygen atoms in total. The number of aromatic nitrogens is 1. The van der Waals surface area contributed by atoms with E-state index in [9.17, 15) is 5.02 Å². The van der Waals surface area contributed by atoms with Gasteiger partial charge in [-0.2, -0.15) is 0 Å². The summed E-state index contributed by atoms with van der Waals surface area (Å²) in [5, 5.41) is 9.43. The van der Waals surface area contributed by atoms with Gasteiger partial charge in [-0.1, -0.05) is 0 Å². The fraction of sp³-hybridized carbons (Fsp3) is 0.188. The van der Waals surface area contributed by atoms with Crippen molar-refractivity contribution in [3.05, 3.63) is 48.1 Å². The zero-order valence-corrected chi connectivity index (χ0v) is 12.4. The van der Waals surface area contributed by atoms with Gasteiger partial charge in [-0.3, -0.25) is 4.98 Å². The van der Waals surface area contributed by atoms with E-state index in [1.807, 2.05) is 30.3 Å². The van der Waals surface area contributed by atoms with Crippen LogP contribution in [0, 0.1) is 0 Å². The monoisotopic (exact) mass is 297 g/mol. The van der Waals surface area contributed by atoms with Crippen LogP contribution in [-0.2, 0) is 4.65 Å². The molecular weight excluding hydrogens is 281 g/mol. The van der Waals surface area contributed by atoms with Gasteiger partial charge in [0.15, 0.2) is 11.5 Å². The van der Waals surface area contributed by atoms with Gasteiger partial charge >= 0.3 is 7.12 Å². The number of nitrogens with zero attached hydrogens (tertiary/aromatic N) is 1. The van der Waals surface area contributed by atoms with Gasteiger partial charge in [0.25, 0.3) is 0 Å². The van der Waals surface area contributed by atoms with E-state index in [2.05, 4.69) is 4.98 Å². The maximum absolute atomic E-state index is 9.43. The number of ether oxygens (including phenoxy) is 2. The standard InChI is InChI=1S/C16H16BNO4/c1-20-15-4-3-12(8-16(15)21-2)14-7-11(5-6-18-14)13-9-17(19)22-10-13/h3-9,19H,10H2,1-2H3. The van der Waals surface area contributed by atoms with Crippen LogP contribution in [0.15, 0.2) is 42.5 Å². The summed E-state index contributed by atoms with van der Waals surface area (Å²) >= 11 is 0. The molecule has 112 valence electrons. The maximum Gasteiger partial charge on any atom is 0.484 e. The summed E-state index contributed by atoms with van der Waals surface area (Å²) in [5.41, 5.74) is 3.69. The third-order valence-electron chi connectivity index (χ3n) is 3.56.